The molecule has 3 aliphatic heterocycles. The fourth-order valence-corrected chi connectivity index (χ4v) is 4.98. The number of carbonyl (C=O) groups excluding carboxylic acids is 3. The van der Waals surface area contributed by atoms with Crippen LogP contribution in [-0.2, 0) is 22.7 Å². The highest BCUT2D eigenvalue weighted by atomic mass is 19.3. The lowest BCUT2D eigenvalue weighted by Crippen LogP contribution is -2.52. The van der Waals surface area contributed by atoms with Crippen molar-refractivity contribution in [3.05, 3.63) is 34.9 Å². The van der Waals surface area contributed by atoms with E-state index < -0.39 is 29.8 Å². The molecule has 1 aliphatic carbocycles. The largest absolute Gasteiger partial charge is 0.322 e. The molecule has 4 aliphatic rings. The molecular weight excluding hydrogens is 394 g/mol. The molecule has 0 bridgehead atoms. The fourth-order valence-electron chi connectivity index (χ4n) is 4.98. The number of alkyl halides is 2. The number of rotatable bonds is 5. The van der Waals surface area contributed by atoms with Gasteiger partial charge in [-0.1, -0.05) is 12.1 Å². The molecule has 1 aromatic rings. The lowest BCUT2D eigenvalue weighted by atomic mass is 10.0. The van der Waals surface area contributed by atoms with Gasteiger partial charge in [0.05, 0.1) is 6.04 Å². The number of hydrogen-bond donors (Lipinski definition) is 3. The van der Waals surface area contributed by atoms with E-state index in [1.807, 2.05) is 12.1 Å². The summed E-state index contributed by atoms with van der Waals surface area (Å²) in [5.41, 5.74) is 2.44. The second kappa shape index (κ2) is 7.09. The van der Waals surface area contributed by atoms with Gasteiger partial charge in [-0.25, -0.2) is 8.78 Å². The van der Waals surface area contributed by atoms with Crippen molar-refractivity contribution in [2.24, 2.45) is 5.92 Å². The second-order valence-corrected chi connectivity index (χ2v) is 8.72. The zero-order valence-electron chi connectivity index (χ0n) is 16.4. The first-order chi connectivity index (χ1) is 14.3. The van der Waals surface area contributed by atoms with Crippen LogP contribution in [-0.4, -0.2) is 53.2 Å². The molecule has 7 nitrogen and oxygen atoms in total. The van der Waals surface area contributed by atoms with Crippen molar-refractivity contribution in [3.63, 3.8) is 0 Å². The predicted molar refractivity (Wildman–Crippen MR) is 103 cm³/mol. The molecule has 0 spiro atoms. The van der Waals surface area contributed by atoms with Gasteiger partial charge in [0.15, 0.2) is 0 Å². The van der Waals surface area contributed by atoms with Gasteiger partial charge in [-0.15, -0.1) is 0 Å². The maximum absolute atomic E-state index is 13.5. The Kier molecular flexibility index (Phi) is 4.62. The van der Waals surface area contributed by atoms with Crippen molar-refractivity contribution in [1.82, 2.24) is 20.9 Å². The Hall–Kier alpha value is -2.39. The number of carbonyl (C=O) groups is 3. The van der Waals surface area contributed by atoms with Gasteiger partial charge in [0.25, 0.3) is 11.8 Å². The highest BCUT2D eigenvalue weighted by Gasteiger charge is 2.69. The Morgan fingerprint density at radius 2 is 2.00 bits per heavy atom. The van der Waals surface area contributed by atoms with Gasteiger partial charge in [0.1, 0.15) is 6.04 Å². The quantitative estimate of drug-likeness (QED) is 0.619. The van der Waals surface area contributed by atoms with Crippen molar-refractivity contribution >= 4 is 17.7 Å². The van der Waals surface area contributed by atoms with Crippen LogP contribution < -0.4 is 16.0 Å². The molecule has 3 amide bonds. The van der Waals surface area contributed by atoms with E-state index in [0.29, 0.717) is 38.0 Å². The van der Waals surface area contributed by atoms with Crippen LogP contribution in [0.1, 0.15) is 47.2 Å². The molecule has 4 atom stereocenters. The zero-order valence-corrected chi connectivity index (χ0v) is 16.4. The molecule has 5 rings (SSSR count). The highest BCUT2D eigenvalue weighted by Crippen LogP contribution is 2.53. The molecule has 3 heterocycles. The number of piperidine rings is 2. The number of fused-ring (bicyclic) bond motifs is 2. The Morgan fingerprint density at radius 3 is 2.77 bits per heavy atom. The standard InChI is InChI=1S/C21H24F2N4O3/c22-21(23)15-4-2-13(25-18(15)21)9-24-8-11-1-3-14-12(7-11)10-27(20(14)30)16-5-6-17(28)26-19(16)29/h1,3,7,13,15-16,18,24-25H,2,4-6,8-10H2,(H,26,28,29)/t13-,15?,16?,18?/m1/s1. The van der Waals surface area contributed by atoms with E-state index in [-0.39, 0.29) is 24.3 Å². The van der Waals surface area contributed by atoms with Gasteiger partial charge in [-0.2, -0.15) is 0 Å². The normalized spacial score (nSPS) is 31.9. The maximum atomic E-state index is 13.5. The molecule has 2 saturated heterocycles. The van der Waals surface area contributed by atoms with Gasteiger partial charge in [-0.05, 0) is 36.5 Å². The molecule has 1 aromatic carbocycles. The Morgan fingerprint density at radius 1 is 1.17 bits per heavy atom. The van der Waals surface area contributed by atoms with E-state index in [1.165, 1.54) is 4.90 Å². The number of halogens is 2. The molecule has 0 aromatic heterocycles. The third-order valence-corrected chi connectivity index (χ3v) is 6.75. The molecule has 3 fully saturated rings. The summed E-state index contributed by atoms with van der Waals surface area (Å²) < 4.78 is 26.9. The third kappa shape index (κ3) is 3.30. The van der Waals surface area contributed by atoms with Crippen molar-refractivity contribution in [3.8, 4) is 0 Å². The van der Waals surface area contributed by atoms with Gasteiger partial charge in [0, 0.05) is 43.6 Å². The Balaban J connectivity index is 1.17. The molecule has 3 unspecified atom stereocenters. The first-order valence-corrected chi connectivity index (χ1v) is 10.5. The number of imide groups is 1. The van der Waals surface area contributed by atoms with Crippen LogP contribution in [0.2, 0.25) is 0 Å². The number of benzene rings is 1. The number of amides is 3. The lowest BCUT2D eigenvalue weighted by molar-refractivity contribution is -0.136. The molecule has 1 saturated carbocycles. The van der Waals surface area contributed by atoms with E-state index in [1.54, 1.807) is 6.07 Å². The summed E-state index contributed by atoms with van der Waals surface area (Å²) in [6.07, 6.45) is 1.88. The smallest absolute Gasteiger partial charge is 0.268 e. The summed E-state index contributed by atoms with van der Waals surface area (Å²) in [7, 11) is 0. The lowest BCUT2D eigenvalue weighted by Gasteiger charge is -2.29. The van der Waals surface area contributed by atoms with Gasteiger partial charge in [-0.3, -0.25) is 19.7 Å². The molecule has 0 radical (unpaired) electrons. The third-order valence-electron chi connectivity index (χ3n) is 6.75. The molecule has 160 valence electrons. The average molecular weight is 418 g/mol. The minimum absolute atomic E-state index is 0.0404. The first-order valence-electron chi connectivity index (χ1n) is 10.5. The van der Waals surface area contributed by atoms with Crippen molar-refractivity contribution in [1.29, 1.82) is 0 Å². The summed E-state index contributed by atoms with van der Waals surface area (Å²) in [6, 6.07) is 4.35. The topological polar surface area (TPSA) is 90.5 Å². The van der Waals surface area contributed by atoms with E-state index in [0.717, 1.165) is 17.5 Å². The molecule has 30 heavy (non-hydrogen) atoms. The predicted octanol–water partition coefficient (Wildman–Crippen LogP) is 0.923. The van der Waals surface area contributed by atoms with Crippen LogP contribution in [0, 0.1) is 5.92 Å². The van der Waals surface area contributed by atoms with Crippen LogP contribution in [0.15, 0.2) is 18.2 Å². The highest BCUT2D eigenvalue weighted by molar-refractivity contribution is 6.05. The van der Waals surface area contributed by atoms with Gasteiger partial charge < -0.3 is 15.5 Å². The fraction of sp³-hybridized carbons (Fsp3) is 0.571. The van der Waals surface area contributed by atoms with Crippen LogP contribution in [0.4, 0.5) is 8.78 Å². The molecule has 3 N–H and O–H groups in total. The van der Waals surface area contributed by atoms with E-state index in [9.17, 15) is 23.2 Å². The minimum atomic E-state index is -2.55. The second-order valence-electron chi connectivity index (χ2n) is 8.72. The minimum Gasteiger partial charge on any atom is -0.322 e. The number of hydrogen-bond acceptors (Lipinski definition) is 5. The maximum Gasteiger partial charge on any atom is 0.268 e. The van der Waals surface area contributed by atoms with E-state index in [4.69, 9.17) is 0 Å². The van der Waals surface area contributed by atoms with E-state index in [2.05, 4.69) is 16.0 Å². The Labute approximate surface area is 172 Å². The van der Waals surface area contributed by atoms with Crippen LogP contribution in [0.3, 0.4) is 0 Å². The monoisotopic (exact) mass is 418 g/mol. The summed E-state index contributed by atoms with van der Waals surface area (Å²) in [6.45, 7) is 1.52. The molecule has 9 heteroatoms. The van der Waals surface area contributed by atoms with Crippen molar-refractivity contribution < 1.29 is 23.2 Å². The van der Waals surface area contributed by atoms with Crippen LogP contribution in [0.5, 0.6) is 0 Å². The van der Waals surface area contributed by atoms with E-state index >= 15 is 0 Å². The Bertz CT molecular complexity index is 922. The van der Waals surface area contributed by atoms with Gasteiger partial charge >= 0.3 is 0 Å². The zero-order chi connectivity index (χ0) is 21.0. The van der Waals surface area contributed by atoms with Crippen molar-refractivity contribution in [2.45, 2.75) is 62.8 Å². The summed E-state index contributed by atoms with van der Waals surface area (Å²) >= 11 is 0. The number of nitrogens with zero attached hydrogens (tertiary/aromatic N) is 1. The van der Waals surface area contributed by atoms with Gasteiger partial charge in [0.2, 0.25) is 11.8 Å². The molecular formula is C21H24F2N4O3. The summed E-state index contributed by atoms with van der Waals surface area (Å²) in [5, 5.41) is 8.66. The van der Waals surface area contributed by atoms with Crippen LogP contribution in [0.25, 0.3) is 0 Å². The summed E-state index contributed by atoms with van der Waals surface area (Å²) in [5.74, 6) is -3.95. The van der Waals surface area contributed by atoms with Crippen LogP contribution >= 0.6 is 0 Å². The van der Waals surface area contributed by atoms with Crippen molar-refractivity contribution in [2.75, 3.05) is 6.54 Å². The SMILES string of the molecule is O=C1CCC(N2Cc3cc(CNC[C@H]4CCC5C(N4)C5(F)F)ccc3C2=O)C(=O)N1. The number of nitrogens with one attached hydrogen (secondary N) is 3. The summed E-state index contributed by atoms with van der Waals surface area (Å²) in [4.78, 5) is 37.7. The average Bonchev–Trinajstić information content (AvgIpc) is 3.09. The first kappa shape index (κ1) is 19.6.